The van der Waals surface area contributed by atoms with Gasteiger partial charge < -0.3 is 10.1 Å². The summed E-state index contributed by atoms with van der Waals surface area (Å²) in [5.41, 5.74) is 2.04. The predicted octanol–water partition coefficient (Wildman–Crippen LogP) is 2.84. The standard InChI is InChI=1S/C16H16N2O4/c1-11-4-3-5-12(8-11)10-17-16(19)14-9-13(18(20)21)6-7-15(14)22-2/h3-9H,10H2,1-2H3,(H,17,19). The Kier molecular flexibility index (Phi) is 4.73. The molecule has 1 amide bonds. The first-order chi connectivity index (χ1) is 10.5. The summed E-state index contributed by atoms with van der Waals surface area (Å²) in [4.78, 5) is 22.5. The van der Waals surface area contributed by atoms with Gasteiger partial charge in [0.25, 0.3) is 11.6 Å². The molecule has 0 aliphatic rings. The summed E-state index contributed by atoms with van der Waals surface area (Å²) in [5, 5.41) is 13.6. The first-order valence-corrected chi connectivity index (χ1v) is 6.67. The van der Waals surface area contributed by atoms with E-state index < -0.39 is 10.8 Å². The molecule has 0 spiro atoms. The van der Waals surface area contributed by atoms with Crippen LogP contribution in [0.3, 0.4) is 0 Å². The highest BCUT2D eigenvalue weighted by Crippen LogP contribution is 2.23. The van der Waals surface area contributed by atoms with Gasteiger partial charge in [-0.3, -0.25) is 14.9 Å². The zero-order valence-corrected chi connectivity index (χ0v) is 12.3. The van der Waals surface area contributed by atoms with Crippen molar-refractivity contribution in [2.45, 2.75) is 13.5 Å². The quantitative estimate of drug-likeness (QED) is 0.680. The van der Waals surface area contributed by atoms with E-state index in [4.69, 9.17) is 4.74 Å². The number of amides is 1. The molecule has 0 unspecified atom stereocenters. The number of hydrogen-bond donors (Lipinski definition) is 1. The van der Waals surface area contributed by atoms with Crippen molar-refractivity contribution in [3.8, 4) is 5.75 Å². The summed E-state index contributed by atoms with van der Waals surface area (Å²) >= 11 is 0. The molecule has 0 saturated carbocycles. The summed E-state index contributed by atoms with van der Waals surface area (Å²) in [6.45, 7) is 2.31. The monoisotopic (exact) mass is 300 g/mol. The summed E-state index contributed by atoms with van der Waals surface area (Å²) in [6.07, 6.45) is 0. The highest BCUT2D eigenvalue weighted by molar-refractivity contribution is 5.97. The molecule has 0 aliphatic heterocycles. The van der Waals surface area contributed by atoms with Crippen molar-refractivity contribution in [3.05, 3.63) is 69.3 Å². The molecule has 6 nitrogen and oxygen atoms in total. The number of nitrogens with zero attached hydrogens (tertiary/aromatic N) is 1. The lowest BCUT2D eigenvalue weighted by Crippen LogP contribution is -2.23. The van der Waals surface area contributed by atoms with E-state index in [9.17, 15) is 14.9 Å². The lowest BCUT2D eigenvalue weighted by atomic mass is 10.1. The van der Waals surface area contributed by atoms with Crippen LogP contribution in [0.5, 0.6) is 5.75 Å². The number of nitro benzene ring substituents is 1. The minimum Gasteiger partial charge on any atom is -0.496 e. The van der Waals surface area contributed by atoms with Crippen molar-refractivity contribution in [1.82, 2.24) is 5.32 Å². The molecule has 2 rings (SSSR count). The molecule has 0 radical (unpaired) electrons. The van der Waals surface area contributed by atoms with Crippen molar-refractivity contribution in [2.24, 2.45) is 0 Å². The van der Waals surface area contributed by atoms with Gasteiger partial charge in [0.15, 0.2) is 0 Å². The van der Waals surface area contributed by atoms with Crippen molar-refractivity contribution >= 4 is 11.6 Å². The van der Waals surface area contributed by atoms with Gasteiger partial charge in [-0.1, -0.05) is 29.8 Å². The SMILES string of the molecule is COc1ccc([N+](=O)[O-])cc1C(=O)NCc1cccc(C)c1. The van der Waals surface area contributed by atoms with Crippen LogP contribution in [0.4, 0.5) is 5.69 Å². The van der Waals surface area contributed by atoms with Gasteiger partial charge in [0.1, 0.15) is 5.75 Å². The van der Waals surface area contributed by atoms with Crippen LogP contribution in [-0.2, 0) is 6.54 Å². The number of nitro groups is 1. The number of benzene rings is 2. The topological polar surface area (TPSA) is 81.5 Å². The van der Waals surface area contributed by atoms with Crippen LogP contribution >= 0.6 is 0 Å². The minimum atomic E-state index is -0.545. The summed E-state index contributed by atoms with van der Waals surface area (Å²) < 4.78 is 5.09. The number of ether oxygens (including phenoxy) is 1. The minimum absolute atomic E-state index is 0.143. The van der Waals surface area contributed by atoms with Crippen molar-refractivity contribution in [1.29, 1.82) is 0 Å². The van der Waals surface area contributed by atoms with Gasteiger partial charge in [-0.25, -0.2) is 0 Å². The van der Waals surface area contributed by atoms with E-state index in [0.717, 1.165) is 11.1 Å². The van der Waals surface area contributed by atoms with Crippen LogP contribution in [0.15, 0.2) is 42.5 Å². The molecule has 0 fully saturated rings. The molecule has 2 aromatic rings. The highest BCUT2D eigenvalue weighted by atomic mass is 16.6. The molecule has 0 aromatic heterocycles. The molecule has 0 atom stereocenters. The Morgan fingerprint density at radius 3 is 2.68 bits per heavy atom. The Morgan fingerprint density at radius 1 is 1.27 bits per heavy atom. The summed E-state index contributed by atoms with van der Waals surface area (Å²) in [5.74, 6) is -0.116. The van der Waals surface area contributed by atoms with E-state index in [2.05, 4.69) is 5.32 Å². The first kappa shape index (κ1) is 15.5. The average molecular weight is 300 g/mol. The Bertz CT molecular complexity index is 713. The Labute approximate surface area is 127 Å². The highest BCUT2D eigenvalue weighted by Gasteiger charge is 2.17. The lowest BCUT2D eigenvalue weighted by molar-refractivity contribution is -0.384. The third-order valence-electron chi connectivity index (χ3n) is 3.17. The molecule has 0 aliphatic carbocycles. The van der Waals surface area contributed by atoms with Gasteiger partial charge in [-0.15, -0.1) is 0 Å². The molecule has 2 aromatic carbocycles. The maximum Gasteiger partial charge on any atom is 0.270 e. The number of hydrogen-bond acceptors (Lipinski definition) is 4. The molecule has 114 valence electrons. The van der Waals surface area contributed by atoms with Gasteiger partial charge in [-0.05, 0) is 18.6 Å². The molecular weight excluding hydrogens is 284 g/mol. The van der Waals surface area contributed by atoms with Gasteiger partial charge in [0, 0.05) is 18.7 Å². The van der Waals surface area contributed by atoms with Crippen molar-refractivity contribution < 1.29 is 14.5 Å². The van der Waals surface area contributed by atoms with E-state index in [1.54, 1.807) is 0 Å². The number of carbonyl (C=O) groups excluding carboxylic acids is 1. The van der Waals surface area contributed by atoms with Crippen LogP contribution in [0.1, 0.15) is 21.5 Å². The van der Waals surface area contributed by atoms with Gasteiger partial charge in [0.05, 0.1) is 17.6 Å². The Hall–Kier alpha value is -2.89. The molecule has 6 heteroatoms. The zero-order valence-electron chi connectivity index (χ0n) is 12.3. The van der Waals surface area contributed by atoms with Gasteiger partial charge in [0.2, 0.25) is 0 Å². The van der Waals surface area contributed by atoms with Gasteiger partial charge >= 0.3 is 0 Å². The lowest BCUT2D eigenvalue weighted by Gasteiger charge is -2.09. The number of methoxy groups -OCH3 is 1. The number of non-ortho nitro benzene ring substituents is 1. The normalized spacial score (nSPS) is 10.1. The van der Waals surface area contributed by atoms with Gasteiger partial charge in [-0.2, -0.15) is 0 Å². The summed E-state index contributed by atoms with van der Waals surface area (Å²) in [7, 11) is 1.42. The van der Waals surface area contributed by atoms with E-state index in [-0.39, 0.29) is 11.3 Å². The molecular formula is C16H16N2O4. The Morgan fingerprint density at radius 2 is 2.05 bits per heavy atom. The fourth-order valence-corrected chi connectivity index (χ4v) is 2.09. The second-order valence-electron chi connectivity index (χ2n) is 4.81. The van der Waals surface area contributed by atoms with Crippen LogP contribution in [-0.4, -0.2) is 17.9 Å². The Balaban J connectivity index is 2.18. The number of nitrogens with one attached hydrogen (secondary N) is 1. The van der Waals surface area contributed by atoms with Crippen molar-refractivity contribution in [2.75, 3.05) is 7.11 Å². The second kappa shape index (κ2) is 6.71. The number of rotatable bonds is 5. The van der Waals surface area contributed by atoms with Crippen molar-refractivity contribution in [3.63, 3.8) is 0 Å². The predicted molar refractivity (Wildman–Crippen MR) is 82.0 cm³/mol. The number of aryl methyl sites for hydroxylation is 1. The molecule has 0 bridgehead atoms. The first-order valence-electron chi connectivity index (χ1n) is 6.67. The third-order valence-corrected chi connectivity index (χ3v) is 3.17. The van der Waals surface area contributed by atoms with E-state index in [0.29, 0.717) is 12.3 Å². The van der Waals surface area contributed by atoms with Crippen LogP contribution in [0.25, 0.3) is 0 Å². The fraction of sp³-hybridized carbons (Fsp3) is 0.188. The fourth-order valence-electron chi connectivity index (χ4n) is 2.09. The van der Waals surface area contributed by atoms with E-state index >= 15 is 0 Å². The second-order valence-corrected chi connectivity index (χ2v) is 4.81. The van der Waals surface area contributed by atoms with E-state index in [1.165, 1.54) is 25.3 Å². The maximum absolute atomic E-state index is 12.2. The maximum atomic E-state index is 12.2. The third kappa shape index (κ3) is 3.60. The van der Waals surface area contributed by atoms with Crippen LogP contribution in [0, 0.1) is 17.0 Å². The average Bonchev–Trinajstić information content (AvgIpc) is 2.52. The molecule has 0 saturated heterocycles. The zero-order chi connectivity index (χ0) is 16.1. The number of carbonyl (C=O) groups is 1. The van der Waals surface area contributed by atoms with Crippen LogP contribution in [0.2, 0.25) is 0 Å². The van der Waals surface area contributed by atoms with Crippen LogP contribution < -0.4 is 10.1 Å². The smallest absolute Gasteiger partial charge is 0.270 e. The molecule has 0 heterocycles. The largest absolute Gasteiger partial charge is 0.496 e. The molecule has 1 N–H and O–H groups in total. The summed E-state index contributed by atoms with van der Waals surface area (Å²) in [6, 6.07) is 11.7. The van der Waals surface area contributed by atoms with E-state index in [1.807, 2.05) is 31.2 Å². The molecule has 22 heavy (non-hydrogen) atoms.